The monoisotopic (exact) mass is 660 g/mol. The van der Waals surface area contributed by atoms with Crippen molar-refractivity contribution in [2.24, 2.45) is 10.3 Å². The van der Waals surface area contributed by atoms with Crippen LogP contribution in [0.3, 0.4) is 0 Å². The van der Waals surface area contributed by atoms with E-state index in [2.05, 4.69) is 38.0 Å². The molecule has 0 atom stereocenters. The summed E-state index contributed by atoms with van der Waals surface area (Å²) in [6.45, 7) is 13.2. The van der Waals surface area contributed by atoms with Gasteiger partial charge >= 0.3 is 139 Å². The molecule has 0 aromatic rings. The van der Waals surface area contributed by atoms with Crippen LogP contribution in [-0.2, 0) is 0 Å². The van der Waals surface area contributed by atoms with Gasteiger partial charge in [-0.15, -0.1) is 10.3 Å². The molecule has 0 amide bonds. The van der Waals surface area contributed by atoms with Crippen molar-refractivity contribution in [1.29, 1.82) is 0 Å². The van der Waals surface area contributed by atoms with E-state index in [0.717, 1.165) is 25.7 Å². The number of unbranched alkanes of at least 4 members (excludes halogenated alkanes) is 6. The van der Waals surface area contributed by atoms with Crippen molar-refractivity contribution in [1.82, 2.24) is 0 Å². The first-order chi connectivity index (χ1) is 14.7. The van der Waals surface area contributed by atoms with Crippen LogP contribution in [0.15, 0.2) is 10.3 Å². The fraction of sp³-hybridized carbons (Fsp3) is 0.917. The number of hydrogen-bond acceptors (Lipinski definition) is 4. The molecule has 0 fully saturated rings. The van der Waals surface area contributed by atoms with Crippen LogP contribution >= 0.6 is 0 Å². The minimum Gasteiger partial charge on any atom is -0.412 e. The maximum Gasteiger partial charge on any atom is -0.412 e. The van der Waals surface area contributed by atoms with Crippen LogP contribution in [0.1, 0.15) is 119 Å². The van der Waals surface area contributed by atoms with Crippen LogP contribution < -0.4 is 0 Å². The quantitative estimate of drug-likeness (QED) is 0.0580. The second kappa shape index (κ2) is 52.4. The summed E-state index contributed by atoms with van der Waals surface area (Å²) in [5, 5.41) is 21.1. The van der Waals surface area contributed by atoms with Gasteiger partial charge in [0.2, 0.25) is 0 Å². The SMILES string of the molecule is CCC/C=N/O.CCC/C=N/O.CCC[CH2][Sn][CH2]CCC.CCC[CH2][Sn][CH2]CCC.O. The molecule has 0 saturated heterocycles. The zero-order valence-corrected chi connectivity index (χ0v) is 27.5. The van der Waals surface area contributed by atoms with E-state index in [-0.39, 0.29) is 47.8 Å². The Labute approximate surface area is 216 Å². The molecular formula is C24H56N2O3Sn2. The fourth-order valence-electron chi connectivity index (χ4n) is 1.83. The van der Waals surface area contributed by atoms with Crippen LogP contribution in [0.5, 0.6) is 0 Å². The smallest absolute Gasteiger partial charge is 0.412 e. The molecule has 0 bridgehead atoms. The summed E-state index contributed by atoms with van der Waals surface area (Å²) in [5.74, 6) is 0. The summed E-state index contributed by atoms with van der Waals surface area (Å²) in [5.41, 5.74) is 0. The molecule has 0 rings (SSSR count). The van der Waals surface area contributed by atoms with Crippen molar-refractivity contribution in [2.75, 3.05) is 0 Å². The summed E-state index contributed by atoms with van der Waals surface area (Å²) >= 11 is 0.299. The van der Waals surface area contributed by atoms with Gasteiger partial charge in [0.15, 0.2) is 0 Å². The van der Waals surface area contributed by atoms with E-state index in [1.54, 1.807) is 17.7 Å². The average Bonchev–Trinajstić information content (AvgIpc) is 2.77. The largest absolute Gasteiger partial charge is 0.412 e. The van der Waals surface area contributed by atoms with Crippen LogP contribution in [0.25, 0.3) is 0 Å². The third kappa shape index (κ3) is 72.4. The minimum absolute atomic E-state index is 0. The van der Waals surface area contributed by atoms with E-state index < -0.39 is 0 Å². The minimum atomic E-state index is 0. The zero-order chi connectivity index (χ0) is 23.6. The van der Waals surface area contributed by atoms with Gasteiger partial charge in [-0.05, 0) is 12.8 Å². The molecule has 4 radical (unpaired) electrons. The van der Waals surface area contributed by atoms with Crippen LogP contribution in [0.4, 0.5) is 0 Å². The van der Waals surface area contributed by atoms with Crippen LogP contribution in [0, 0.1) is 0 Å². The molecule has 4 N–H and O–H groups in total. The zero-order valence-electron chi connectivity index (χ0n) is 21.8. The predicted octanol–water partition coefficient (Wildman–Crippen LogP) is 7.92. The van der Waals surface area contributed by atoms with Gasteiger partial charge in [0, 0.05) is 12.4 Å². The van der Waals surface area contributed by atoms with E-state index in [0.29, 0.717) is 0 Å². The summed E-state index contributed by atoms with van der Waals surface area (Å²) in [6, 6.07) is 0. The molecule has 0 aliphatic heterocycles. The standard InChI is InChI=1S/2C4H9NO.4C4H9.H2O.2Sn/c2*1-2-3-4-5-6;4*1-3-4-2;;;/h2*4,6H,2-3H2,1H3;4*1,3-4H2,2H3;1H2;;/b2*5-4+;;;;;;;. The van der Waals surface area contributed by atoms with Gasteiger partial charge in [-0.3, -0.25) is 0 Å². The Morgan fingerprint density at radius 2 is 0.774 bits per heavy atom. The summed E-state index contributed by atoms with van der Waals surface area (Å²) in [4.78, 5) is 0. The average molecular weight is 658 g/mol. The van der Waals surface area contributed by atoms with Gasteiger partial charge in [-0.25, -0.2) is 0 Å². The molecule has 0 saturated carbocycles. The second-order valence-electron chi connectivity index (χ2n) is 7.09. The summed E-state index contributed by atoms with van der Waals surface area (Å²) < 4.78 is 6.50. The molecule has 0 heterocycles. The van der Waals surface area contributed by atoms with Gasteiger partial charge in [0.05, 0.1) is 0 Å². The molecule has 0 aliphatic carbocycles. The Balaban J connectivity index is -0.0000000977. The number of rotatable bonds is 16. The summed E-state index contributed by atoms with van der Waals surface area (Å²) in [7, 11) is 0. The molecule has 0 aromatic carbocycles. The van der Waals surface area contributed by atoms with Crippen molar-refractivity contribution < 1.29 is 15.9 Å². The molecule has 0 aliphatic rings. The Hall–Kier alpha value is 0.497. The maximum atomic E-state index is 7.77. The third-order valence-corrected chi connectivity index (χ3v) is 11.9. The van der Waals surface area contributed by atoms with Gasteiger partial charge in [-0.2, -0.15) is 0 Å². The maximum absolute atomic E-state index is 7.77. The molecule has 5 nitrogen and oxygen atoms in total. The normalized spacial score (nSPS) is 9.74. The first kappa shape index (κ1) is 41.7. The molecular weight excluding hydrogens is 602 g/mol. The van der Waals surface area contributed by atoms with E-state index in [9.17, 15) is 0 Å². The molecule has 0 aromatic heterocycles. The Morgan fingerprint density at radius 1 is 0.516 bits per heavy atom. The molecule has 7 heteroatoms. The van der Waals surface area contributed by atoms with Crippen molar-refractivity contribution in [3.63, 3.8) is 0 Å². The van der Waals surface area contributed by atoms with E-state index in [4.69, 9.17) is 10.4 Å². The number of nitrogens with zero attached hydrogens (tertiary/aromatic N) is 2. The van der Waals surface area contributed by atoms with Crippen molar-refractivity contribution in [3.05, 3.63) is 0 Å². The van der Waals surface area contributed by atoms with Crippen LogP contribution in [0.2, 0.25) is 17.7 Å². The predicted molar refractivity (Wildman–Crippen MR) is 144 cm³/mol. The van der Waals surface area contributed by atoms with E-state index >= 15 is 0 Å². The first-order valence-corrected chi connectivity index (χ1v) is 20.5. The molecule has 188 valence electrons. The summed E-state index contributed by atoms with van der Waals surface area (Å²) in [6.07, 6.45) is 18.5. The van der Waals surface area contributed by atoms with Gasteiger partial charge in [0.25, 0.3) is 0 Å². The third-order valence-electron chi connectivity index (χ3n) is 3.83. The number of hydrogen-bond donors (Lipinski definition) is 2. The second-order valence-corrected chi connectivity index (χ2v) is 15.6. The van der Waals surface area contributed by atoms with Gasteiger partial charge < -0.3 is 15.9 Å². The fourth-order valence-corrected chi connectivity index (χ4v) is 10.1. The van der Waals surface area contributed by atoms with Gasteiger partial charge in [0.1, 0.15) is 0 Å². The Kier molecular flexibility index (Phi) is 70.6. The van der Waals surface area contributed by atoms with E-state index in [1.807, 2.05) is 13.8 Å². The van der Waals surface area contributed by atoms with Crippen molar-refractivity contribution >= 4 is 54.7 Å². The molecule has 31 heavy (non-hydrogen) atoms. The Bertz CT molecular complexity index is 256. The molecule has 0 unspecified atom stereocenters. The van der Waals surface area contributed by atoms with E-state index in [1.165, 1.54) is 63.8 Å². The number of oxime groups is 2. The van der Waals surface area contributed by atoms with Crippen molar-refractivity contribution in [3.8, 4) is 0 Å². The first-order valence-electron chi connectivity index (χ1n) is 12.4. The van der Waals surface area contributed by atoms with Crippen LogP contribution in [-0.4, -0.2) is 70.6 Å². The van der Waals surface area contributed by atoms with Gasteiger partial charge in [-0.1, -0.05) is 26.7 Å². The Morgan fingerprint density at radius 3 is 0.903 bits per heavy atom. The topological polar surface area (TPSA) is 96.7 Å². The van der Waals surface area contributed by atoms with Crippen molar-refractivity contribution in [2.45, 2.75) is 136 Å². The molecule has 0 spiro atoms.